The summed E-state index contributed by atoms with van der Waals surface area (Å²) in [5.74, 6) is 0. The van der Waals surface area contributed by atoms with Crippen molar-refractivity contribution in [3.63, 3.8) is 0 Å². The fourth-order valence-corrected chi connectivity index (χ4v) is 2.92. The van der Waals surface area contributed by atoms with Crippen LogP contribution in [0.3, 0.4) is 0 Å². The van der Waals surface area contributed by atoms with Gasteiger partial charge in [0.2, 0.25) is 0 Å². The zero-order valence-electron chi connectivity index (χ0n) is 9.65. The fraction of sp³-hybridized carbons (Fsp3) is 0.133. The molecule has 0 fully saturated rings. The summed E-state index contributed by atoms with van der Waals surface area (Å²) < 4.78 is 1.12. The lowest BCUT2D eigenvalue weighted by molar-refractivity contribution is 0.819. The average molecular weight is 299 g/mol. The minimum absolute atomic E-state index is 0.282. The number of nitrogens with zero attached hydrogens (tertiary/aromatic N) is 1. The van der Waals surface area contributed by atoms with E-state index in [1.807, 2.05) is 30.3 Å². The highest BCUT2D eigenvalue weighted by Crippen LogP contribution is 2.37. The van der Waals surface area contributed by atoms with Crippen LogP contribution in [0.2, 0.25) is 0 Å². The lowest BCUT2D eigenvalue weighted by atomic mass is 10.0. The van der Waals surface area contributed by atoms with Crippen molar-refractivity contribution in [1.82, 2.24) is 0 Å². The Morgan fingerprint density at radius 1 is 1.22 bits per heavy atom. The summed E-state index contributed by atoms with van der Waals surface area (Å²) in [5.41, 5.74) is 4.31. The van der Waals surface area contributed by atoms with E-state index in [0.717, 1.165) is 16.6 Å². The summed E-state index contributed by atoms with van der Waals surface area (Å²) in [5, 5.41) is 12.4. The van der Waals surface area contributed by atoms with Crippen LogP contribution in [0.4, 0.5) is 5.69 Å². The Balaban J connectivity index is 1.94. The number of hydrogen-bond donors (Lipinski definition) is 1. The number of hydrogen-bond acceptors (Lipinski definition) is 2. The monoisotopic (exact) mass is 298 g/mol. The Morgan fingerprint density at radius 2 is 2.06 bits per heavy atom. The zero-order valence-corrected chi connectivity index (χ0v) is 11.2. The van der Waals surface area contributed by atoms with Crippen LogP contribution in [-0.2, 0) is 6.42 Å². The predicted octanol–water partition coefficient (Wildman–Crippen LogP) is 4.03. The van der Waals surface area contributed by atoms with E-state index >= 15 is 0 Å². The van der Waals surface area contributed by atoms with E-state index in [-0.39, 0.29) is 6.04 Å². The third-order valence-corrected chi connectivity index (χ3v) is 4.00. The smallest absolute Gasteiger partial charge is 0.0992 e. The van der Waals surface area contributed by atoms with Crippen molar-refractivity contribution in [2.75, 3.05) is 5.32 Å². The molecule has 1 aliphatic rings. The van der Waals surface area contributed by atoms with Gasteiger partial charge in [0.25, 0.3) is 0 Å². The van der Waals surface area contributed by atoms with E-state index in [1.165, 1.54) is 11.1 Å². The lowest BCUT2D eigenvalue weighted by Crippen LogP contribution is -2.06. The molecule has 1 unspecified atom stereocenters. The summed E-state index contributed by atoms with van der Waals surface area (Å²) in [6, 6.07) is 16.5. The molecule has 88 valence electrons. The van der Waals surface area contributed by atoms with Gasteiger partial charge in [-0.3, -0.25) is 0 Å². The van der Waals surface area contributed by atoms with Gasteiger partial charge in [-0.05, 0) is 35.7 Å². The molecule has 0 amide bonds. The van der Waals surface area contributed by atoms with E-state index < -0.39 is 0 Å². The van der Waals surface area contributed by atoms with Crippen molar-refractivity contribution in [1.29, 1.82) is 5.26 Å². The van der Waals surface area contributed by atoms with Gasteiger partial charge in [-0.15, -0.1) is 0 Å². The summed E-state index contributed by atoms with van der Waals surface area (Å²) in [6.45, 7) is 0. The summed E-state index contributed by atoms with van der Waals surface area (Å²) in [7, 11) is 0. The second kappa shape index (κ2) is 4.47. The van der Waals surface area contributed by atoms with Crippen molar-refractivity contribution in [3.8, 4) is 6.07 Å². The number of nitrogens with one attached hydrogen (secondary N) is 1. The Kier molecular flexibility index (Phi) is 2.81. The number of rotatable bonds is 1. The molecule has 0 aliphatic carbocycles. The van der Waals surface area contributed by atoms with Gasteiger partial charge in [0, 0.05) is 10.2 Å². The molecule has 18 heavy (non-hydrogen) atoms. The third-order valence-electron chi connectivity index (χ3n) is 3.27. The Bertz CT molecular complexity index is 643. The lowest BCUT2D eigenvalue weighted by Gasteiger charge is -2.13. The average Bonchev–Trinajstić information content (AvgIpc) is 2.81. The topological polar surface area (TPSA) is 35.8 Å². The van der Waals surface area contributed by atoms with Gasteiger partial charge >= 0.3 is 0 Å². The number of fused-ring (bicyclic) bond motifs is 1. The van der Waals surface area contributed by atoms with Gasteiger partial charge in [-0.1, -0.05) is 40.2 Å². The molecule has 3 rings (SSSR count). The van der Waals surface area contributed by atoms with Gasteiger partial charge in [-0.25, -0.2) is 0 Å². The molecular weight excluding hydrogens is 288 g/mol. The summed E-state index contributed by atoms with van der Waals surface area (Å²) in [6.07, 6.45) is 0.962. The zero-order chi connectivity index (χ0) is 12.5. The van der Waals surface area contributed by atoms with E-state index in [1.54, 1.807) is 0 Å². The van der Waals surface area contributed by atoms with Crippen molar-refractivity contribution in [3.05, 3.63) is 63.6 Å². The Labute approximate surface area is 114 Å². The summed E-state index contributed by atoms with van der Waals surface area (Å²) in [4.78, 5) is 0. The van der Waals surface area contributed by atoms with Gasteiger partial charge in [0.1, 0.15) is 0 Å². The molecular formula is C15H11BrN2. The van der Waals surface area contributed by atoms with E-state index in [0.29, 0.717) is 5.56 Å². The molecule has 0 aromatic heterocycles. The predicted molar refractivity (Wildman–Crippen MR) is 75.4 cm³/mol. The van der Waals surface area contributed by atoms with Gasteiger partial charge < -0.3 is 5.32 Å². The van der Waals surface area contributed by atoms with Crippen molar-refractivity contribution in [2.24, 2.45) is 0 Å². The molecule has 0 spiro atoms. The van der Waals surface area contributed by atoms with Gasteiger partial charge in [0.05, 0.1) is 17.7 Å². The second-order valence-corrected chi connectivity index (χ2v) is 5.26. The first-order valence-corrected chi connectivity index (χ1v) is 6.61. The summed E-state index contributed by atoms with van der Waals surface area (Å²) >= 11 is 3.59. The molecule has 1 N–H and O–H groups in total. The fourth-order valence-electron chi connectivity index (χ4n) is 2.36. The van der Waals surface area contributed by atoms with Crippen LogP contribution in [0.1, 0.15) is 22.7 Å². The van der Waals surface area contributed by atoms with E-state index in [2.05, 4.69) is 39.4 Å². The normalized spacial score (nSPS) is 16.8. The largest absolute Gasteiger partial charge is 0.378 e. The standard InChI is InChI=1S/C15H11BrN2/c16-13-4-2-1-3-12(13)15-8-11-6-5-10(9-17)7-14(11)18-15/h1-7,15,18H,8H2. The van der Waals surface area contributed by atoms with Crippen LogP contribution in [0.15, 0.2) is 46.9 Å². The maximum Gasteiger partial charge on any atom is 0.0992 e. The van der Waals surface area contributed by atoms with Gasteiger partial charge in [-0.2, -0.15) is 5.26 Å². The number of halogens is 1. The molecule has 0 bridgehead atoms. The van der Waals surface area contributed by atoms with Crippen molar-refractivity contribution >= 4 is 21.6 Å². The Hall–Kier alpha value is -1.79. The molecule has 2 aromatic carbocycles. The molecule has 0 saturated carbocycles. The molecule has 0 radical (unpaired) electrons. The molecule has 3 heteroatoms. The molecule has 1 heterocycles. The first-order chi connectivity index (χ1) is 8.78. The van der Waals surface area contributed by atoms with Crippen molar-refractivity contribution < 1.29 is 0 Å². The second-order valence-electron chi connectivity index (χ2n) is 4.41. The van der Waals surface area contributed by atoms with E-state index in [4.69, 9.17) is 5.26 Å². The maximum atomic E-state index is 8.91. The Morgan fingerprint density at radius 3 is 2.83 bits per heavy atom. The molecule has 1 aliphatic heterocycles. The first-order valence-electron chi connectivity index (χ1n) is 5.82. The highest BCUT2D eigenvalue weighted by Gasteiger charge is 2.23. The maximum absolute atomic E-state index is 8.91. The van der Waals surface area contributed by atoms with Crippen LogP contribution in [-0.4, -0.2) is 0 Å². The van der Waals surface area contributed by atoms with Crippen LogP contribution >= 0.6 is 15.9 Å². The number of anilines is 1. The molecule has 2 aromatic rings. The number of nitriles is 1. The molecule has 0 saturated heterocycles. The van der Waals surface area contributed by atoms with Crippen molar-refractivity contribution in [2.45, 2.75) is 12.5 Å². The molecule has 1 atom stereocenters. The van der Waals surface area contributed by atoms with Crippen LogP contribution in [0, 0.1) is 11.3 Å². The van der Waals surface area contributed by atoms with Crippen LogP contribution < -0.4 is 5.32 Å². The molecule has 2 nitrogen and oxygen atoms in total. The van der Waals surface area contributed by atoms with Crippen LogP contribution in [0.5, 0.6) is 0 Å². The van der Waals surface area contributed by atoms with E-state index in [9.17, 15) is 0 Å². The minimum atomic E-state index is 0.282. The highest BCUT2D eigenvalue weighted by molar-refractivity contribution is 9.10. The van der Waals surface area contributed by atoms with Gasteiger partial charge in [0.15, 0.2) is 0 Å². The quantitative estimate of drug-likeness (QED) is 0.863. The SMILES string of the molecule is N#Cc1ccc2c(c1)NC(c1ccccc1Br)C2. The first kappa shape index (κ1) is 11.3. The number of benzene rings is 2. The van der Waals surface area contributed by atoms with Crippen LogP contribution in [0.25, 0.3) is 0 Å². The highest BCUT2D eigenvalue weighted by atomic mass is 79.9. The minimum Gasteiger partial charge on any atom is -0.378 e. The third kappa shape index (κ3) is 1.89.